The van der Waals surface area contributed by atoms with Crippen LogP contribution in [0.1, 0.15) is 40.5 Å². The average molecular weight is 298 g/mol. The Labute approximate surface area is 130 Å². The van der Waals surface area contributed by atoms with Crippen molar-refractivity contribution in [3.8, 4) is 0 Å². The van der Waals surface area contributed by atoms with Gasteiger partial charge in [0.05, 0.1) is 18.8 Å². The smallest absolute Gasteiger partial charge is 0.0753 e. The van der Waals surface area contributed by atoms with E-state index in [4.69, 9.17) is 9.47 Å². The molecule has 0 aromatic rings. The van der Waals surface area contributed by atoms with E-state index in [1.54, 1.807) is 0 Å². The van der Waals surface area contributed by atoms with Crippen LogP contribution in [0.4, 0.5) is 0 Å². The maximum Gasteiger partial charge on any atom is 0.0753 e. The number of ether oxygens (including phenoxy) is 2. The van der Waals surface area contributed by atoms with Crippen molar-refractivity contribution in [3.05, 3.63) is 0 Å². The number of morpholine rings is 1. The Kier molecular flexibility index (Phi) is 6.06. The number of nitrogens with one attached hydrogen (secondary N) is 1. The molecule has 0 aromatic heterocycles. The Morgan fingerprint density at radius 2 is 2.05 bits per heavy atom. The van der Waals surface area contributed by atoms with Gasteiger partial charge in [0.15, 0.2) is 0 Å². The van der Waals surface area contributed by atoms with Gasteiger partial charge < -0.3 is 14.8 Å². The maximum absolute atomic E-state index is 5.84. The van der Waals surface area contributed by atoms with E-state index in [2.05, 4.69) is 37.9 Å². The van der Waals surface area contributed by atoms with Crippen molar-refractivity contribution in [2.24, 2.45) is 11.3 Å². The van der Waals surface area contributed by atoms with Gasteiger partial charge >= 0.3 is 0 Å². The molecule has 1 unspecified atom stereocenters. The third-order valence-electron chi connectivity index (χ3n) is 4.52. The molecule has 0 radical (unpaired) electrons. The highest BCUT2D eigenvalue weighted by Crippen LogP contribution is 2.31. The quantitative estimate of drug-likeness (QED) is 0.814. The van der Waals surface area contributed by atoms with E-state index in [9.17, 15) is 0 Å². The summed E-state index contributed by atoms with van der Waals surface area (Å²) in [6.07, 6.45) is 2.47. The molecule has 1 N–H and O–H groups in total. The van der Waals surface area contributed by atoms with Crippen molar-refractivity contribution in [2.45, 2.75) is 46.1 Å². The zero-order valence-electron chi connectivity index (χ0n) is 14.4. The molecule has 2 heterocycles. The predicted octanol–water partition coefficient (Wildman–Crippen LogP) is 2.14. The molecule has 2 rings (SSSR count). The summed E-state index contributed by atoms with van der Waals surface area (Å²) in [6.45, 7) is 17.0. The summed E-state index contributed by atoms with van der Waals surface area (Å²) < 4.78 is 11.7. The summed E-state index contributed by atoms with van der Waals surface area (Å²) in [7, 11) is 0. The minimum atomic E-state index is -0.0136. The Morgan fingerprint density at radius 3 is 2.67 bits per heavy atom. The van der Waals surface area contributed by atoms with Crippen LogP contribution in [-0.2, 0) is 9.47 Å². The summed E-state index contributed by atoms with van der Waals surface area (Å²) in [6, 6.07) is 0. The largest absolute Gasteiger partial charge is 0.381 e. The fourth-order valence-electron chi connectivity index (χ4n) is 3.58. The molecule has 1 atom stereocenters. The van der Waals surface area contributed by atoms with Crippen molar-refractivity contribution >= 4 is 0 Å². The molecule has 0 bridgehead atoms. The van der Waals surface area contributed by atoms with Crippen molar-refractivity contribution in [1.29, 1.82) is 0 Å². The molecule has 0 saturated carbocycles. The molecule has 0 aliphatic carbocycles. The molecule has 0 aromatic carbocycles. The summed E-state index contributed by atoms with van der Waals surface area (Å²) in [5.41, 5.74) is 0.265. The van der Waals surface area contributed by atoms with Crippen LogP contribution in [0.25, 0.3) is 0 Å². The third kappa shape index (κ3) is 5.51. The highest BCUT2D eigenvalue weighted by Gasteiger charge is 2.37. The van der Waals surface area contributed by atoms with Gasteiger partial charge in [0.2, 0.25) is 0 Å². The molecule has 0 spiro atoms. The molecule has 124 valence electrons. The topological polar surface area (TPSA) is 33.7 Å². The SMILES string of the molecule is CC(C)CNCC1(CN2CCOC(C)(C)C2)CCCOC1. The van der Waals surface area contributed by atoms with Crippen molar-refractivity contribution in [2.75, 3.05) is 52.5 Å². The Bertz CT molecular complexity index is 312. The van der Waals surface area contributed by atoms with E-state index in [0.29, 0.717) is 5.92 Å². The minimum absolute atomic E-state index is 0.0136. The Hall–Kier alpha value is -0.160. The van der Waals surface area contributed by atoms with Crippen LogP contribution < -0.4 is 5.32 Å². The lowest BCUT2D eigenvalue weighted by Crippen LogP contribution is -2.55. The first kappa shape index (κ1) is 17.2. The van der Waals surface area contributed by atoms with Crippen LogP contribution in [0.5, 0.6) is 0 Å². The lowest BCUT2D eigenvalue weighted by atomic mass is 9.81. The molecule has 21 heavy (non-hydrogen) atoms. The van der Waals surface area contributed by atoms with E-state index >= 15 is 0 Å². The zero-order chi connectivity index (χ0) is 15.3. The second kappa shape index (κ2) is 7.40. The van der Waals surface area contributed by atoms with Gasteiger partial charge in [-0.25, -0.2) is 0 Å². The molecular formula is C17H34N2O2. The van der Waals surface area contributed by atoms with Gasteiger partial charge in [0.25, 0.3) is 0 Å². The van der Waals surface area contributed by atoms with Gasteiger partial charge in [-0.1, -0.05) is 13.8 Å². The molecular weight excluding hydrogens is 264 g/mol. The molecule has 4 heteroatoms. The standard InChI is InChI=1S/C17H34N2O2/c1-15(2)10-18-11-17(6-5-8-20-14-17)13-19-7-9-21-16(3,4)12-19/h15,18H,5-14H2,1-4H3. The molecule has 2 saturated heterocycles. The van der Waals surface area contributed by atoms with Crippen LogP contribution in [0, 0.1) is 11.3 Å². The third-order valence-corrected chi connectivity index (χ3v) is 4.52. The average Bonchev–Trinajstić information content (AvgIpc) is 2.38. The molecule has 2 fully saturated rings. The normalized spacial score (nSPS) is 30.7. The number of hydrogen-bond donors (Lipinski definition) is 1. The van der Waals surface area contributed by atoms with Gasteiger partial charge in [-0.05, 0) is 39.2 Å². The molecule has 2 aliphatic heterocycles. The van der Waals surface area contributed by atoms with Gasteiger partial charge in [0.1, 0.15) is 0 Å². The summed E-state index contributed by atoms with van der Waals surface area (Å²) >= 11 is 0. The number of rotatable bonds is 6. The number of hydrogen-bond acceptors (Lipinski definition) is 4. The van der Waals surface area contributed by atoms with Crippen LogP contribution in [0.3, 0.4) is 0 Å². The van der Waals surface area contributed by atoms with Crippen LogP contribution in [0.15, 0.2) is 0 Å². The second-order valence-corrected chi connectivity index (χ2v) is 8.00. The van der Waals surface area contributed by atoms with Crippen LogP contribution in [-0.4, -0.2) is 63.0 Å². The fourth-order valence-corrected chi connectivity index (χ4v) is 3.58. The van der Waals surface area contributed by atoms with Crippen LogP contribution >= 0.6 is 0 Å². The first-order valence-electron chi connectivity index (χ1n) is 8.56. The number of nitrogens with zero attached hydrogens (tertiary/aromatic N) is 1. The van der Waals surface area contributed by atoms with Gasteiger partial charge in [0, 0.05) is 38.2 Å². The monoisotopic (exact) mass is 298 g/mol. The molecule has 2 aliphatic rings. The Morgan fingerprint density at radius 1 is 1.24 bits per heavy atom. The lowest BCUT2D eigenvalue weighted by molar-refractivity contribution is -0.106. The zero-order valence-corrected chi connectivity index (χ0v) is 14.4. The highest BCUT2D eigenvalue weighted by molar-refractivity contribution is 4.90. The fraction of sp³-hybridized carbons (Fsp3) is 1.00. The Balaban J connectivity index is 1.92. The lowest BCUT2D eigenvalue weighted by Gasteiger charge is -2.45. The molecule has 0 amide bonds. The van der Waals surface area contributed by atoms with E-state index in [-0.39, 0.29) is 11.0 Å². The molecule has 4 nitrogen and oxygen atoms in total. The van der Waals surface area contributed by atoms with Crippen molar-refractivity contribution in [1.82, 2.24) is 10.2 Å². The maximum atomic E-state index is 5.84. The summed E-state index contributed by atoms with van der Waals surface area (Å²) in [5.74, 6) is 0.703. The van der Waals surface area contributed by atoms with Gasteiger partial charge in [-0.15, -0.1) is 0 Å². The van der Waals surface area contributed by atoms with E-state index < -0.39 is 0 Å². The van der Waals surface area contributed by atoms with E-state index in [1.807, 2.05) is 0 Å². The highest BCUT2D eigenvalue weighted by atomic mass is 16.5. The summed E-state index contributed by atoms with van der Waals surface area (Å²) in [5, 5.41) is 3.67. The van der Waals surface area contributed by atoms with Crippen molar-refractivity contribution < 1.29 is 9.47 Å². The minimum Gasteiger partial charge on any atom is -0.381 e. The van der Waals surface area contributed by atoms with E-state index in [0.717, 1.165) is 52.5 Å². The van der Waals surface area contributed by atoms with E-state index in [1.165, 1.54) is 12.8 Å². The van der Waals surface area contributed by atoms with Gasteiger partial charge in [-0.3, -0.25) is 4.90 Å². The second-order valence-electron chi connectivity index (χ2n) is 8.00. The van der Waals surface area contributed by atoms with Gasteiger partial charge in [-0.2, -0.15) is 0 Å². The summed E-state index contributed by atoms with van der Waals surface area (Å²) in [4.78, 5) is 2.58. The first-order valence-corrected chi connectivity index (χ1v) is 8.56. The van der Waals surface area contributed by atoms with Crippen molar-refractivity contribution in [3.63, 3.8) is 0 Å². The predicted molar refractivity (Wildman–Crippen MR) is 86.7 cm³/mol. The van der Waals surface area contributed by atoms with Crippen LogP contribution in [0.2, 0.25) is 0 Å². The first-order chi connectivity index (χ1) is 9.91.